The Kier molecular flexibility index (Phi) is 7.34. The number of hydrogen-bond donors (Lipinski definition) is 3. The first-order valence-corrected chi connectivity index (χ1v) is 9.01. The van der Waals surface area contributed by atoms with Gasteiger partial charge in [-0.05, 0) is 37.5 Å². The summed E-state index contributed by atoms with van der Waals surface area (Å²) in [5.74, 6) is -1.43. The first-order valence-electron chi connectivity index (χ1n) is 9.01. The van der Waals surface area contributed by atoms with Gasteiger partial charge in [-0.15, -0.1) is 0 Å². The van der Waals surface area contributed by atoms with Crippen molar-refractivity contribution in [3.63, 3.8) is 0 Å². The monoisotopic (exact) mass is 375 g/mol. The second kappa shape index (κ2) is 9.70. The first kappa shape index (κ1) is 20.4. The maximum atomic E-state index is 12.0. The molecule has 1 aromatic rings. The number of carbonyl (C=O) groups excluding carboxylic acids is 4. The molecule has 146 valence electrons. The van der Waals surface area contributed by atoms with Crippen LogP contribution in [0.15, 0.2) is 24.3 Å². The van der Waals surface area contributed by atoms with Gasteiger partial charge in [0.2, 0.25) is 5.91 Å². The van der Waals surface area contributed by atoms with Crippen LogP contribution in [0.4, 0.5) is 10.5 Å². The van der Waals surface area contributed by atoms with Crippen LogP contribution in [-0.4, -0.2) is 36.0 Å². The number of hydrogen-bond acceptors (Lipinski definition) is 5. The molecule has 0 aromatic heterocycles. The van der Waals surface area contributed by atoms with Crippen LogP contribution in [0, 0.1) is 0 Å². The molecule has 1 aromatic carbocycles. The number of nitrogens with one attached hydrogen (secondary N) is 3. The average Bonchev–Trinajstić information content (AvgIpc) is 3.08. The number of esters is 1. The fraction of sp³-hybridized carbons (Fsp3) is 0.474. The van der Waals surface area contributed by atoms with Crippen molar-refractivity contribution in [3.05, 3.63) is 29.8 Å². The fourth-order valence-corrected chi connectivity index (χ4v) is 2.87. The van der Waals surface area contributed by atoms with Gasteiger partial charge in [0, 0.05) is 18.7 Å². The Hall–Kier alpha value is -2.90. The summed E-state index contributed by atoms with van der Waals surface area (Å²) in [6.45, 7) is 2.82. The van der Waals surface area contributed by atoms with E-state index < -0.39 is 24.0 Å². The largest absolute Gasteiger partial charge is 0.452 e. The molecule has 0 unspecified atom stereocenters. The number of benzene rings is 1. The van der Waals surface area contributed by atoms with Crippen molar-refractivity contribution < 1.29 is 23.9 Å². The normalized spacial score (nSPS) is 14.9. The molecule has 2 rings (SSSR count). The highest BCUT2D eigenvalue weighted by molar-refractivity contribution is 5.97. The van der Waals surface area contributed by atoms with E-state index >= 15 is 0 Å². The summed E-state index contributed by atoms with van der Waals surface area (Å²) >= 11 is 0. The third-order valence-corrected chi connectivity index (χ3v) is 4.23. The van der Waals surface area contributed by atoms with Crippen LogP contribution < -0.4 is 16.0 Å². The number of ether oxygens (including phenoxy) is 1. The van der Waals surface area contributed by atoms with Crippen molar-refractivity contribution in [1.82, 2.24) is 10.6 Å². The number of urea groups is 1. The van der Waals surface area contributed by atoms with Crippen LogP contribution in [0.1, 0.15) is 45.1 Å². The van der Waals surface area contributed by atoms with E-state index in [1.807, 2.05) is 0 Å². The van der Waals surface area contributed by atoms with E-state index in [9.17, 15) is 19.2 Å². The lowest BCUT2D eigenvalue weighted by atomic mass is 10.1. The van der Waals surface area contributed by atoms with E-state index in [0.717, 1.165) is 25.7 Å². The summed E-state index contributed by atoms with van der Waals surface area (Å²) in [5.41, 5.74) is 1.31. The predicted molar refractivity (Wildman–Crippen MR) is 98.9 cm³/mol. The Morgan fingerprint density at radius 1 is 1.11 bits per heavy atom. The molecule has 0 saturated heterocycles. The Balaban J connectivity index is 1.75. The Bertz CT molecular complexity index is 696. The van der Waals surface area contributed by atoms with Crippen LogP contribution in [0.2, 0.25) is 0 Å². The molecule has 0 radical (unpaired) electrons. The van der Waals surface area contributed by atoms with E-state index in [2.05, 4.69) is 16.0 Å². The highest BCUT2D eigenvalue weighted by Crippen LogP contribution is 2.17. The molecular weight excluding hydrogens is 350 g/mol. The van der Waals surface area contributed by atoms with Crippen molar-refractivity contribution in [1.29, 1.82) is 0 Å². The minimum Gasteiger partial charge on any atom is -0.452 e. The summed E-state index contributed by atoms with van der Waals surface area (Å²) < 4.78 is 5.08. The van der Waals surface area contributed by atoms with E-state index in [1.165, 1.54) is 13.8 Å². The Labute approximate surface area is 158 Å². The van der Waals surface area contributed by atoms with Gasteiger partial charge in [-0.2, -0.15) is 0 Å². The maximum absolute atomic E-state index is 12.0. The van der Waals surface area contributed by atoms with Crippen LogP contribution in [0.25, 0.3) is 0 Å². The molecule has 1 aliphatic rings. The predicted octanol–water partition coefficient (Wildman–Crippen LogP) is 1.89. The third-order valence-electron chi connectivity index (χ3n) is 4.23. The van der Waals surface area contributed by atoms with Gasteiger partial charge in [-0.25, -0.2) is 4.79 Å². The van der Waals surface area contributed by atoms with Gasteiger partial charge in [-0.1, -0.05) is 25.0 Å². The molecule has 0 aliphatic heterocycles. The van der Waals surface area contributed by atoms with E-state index in [4.69, 9.17) is 4.74 Å². The zero-order valence-electron chi connectivity index (χ0n) is 15.5. The third kappa shape index (κ3) is 7.08. The van der Waals surface area contributed by atoms with Gasteiger partial charge in [0.25, 0.3) is 5.91 Å². The Morgan fingerprint density at radius 2 is 1.74 bits per heavy atom. The van der Waals surface area contributed by atoms with Gasteiger partial charge in [0.1, 0.15) is 0 Å². The molecule has 1 saturated carbocycles. The van der Waals surface area contributed by atoms with Crippen LogP contribution in [0.3, 0.4) is 0 Å². The van der Waals surface area contributed by atoms with Gasteiger partial charge < -0.3 is 15.4 Å². The molecule has 0 spiro atoms. The molecule has 4 amide bonds. The quantitative estimate of drug-likeness (QED) is 0.657. The highest BCUT2D eigenvalue weighted by atomic mass is 16.5. The zero-order valence-corrected chi connectivity index (χ0v) is 15.5. The summed E-state index contributed by atoms with van der Waals surface area (Å²) in [7, 11) is 0. The zero-order chi connectivity index (χ0) is 19.8. The van der Waals surface area contributed by atoms with Gasteiger partial charge in [0.05, 0.1) is 6.42 Å². The van der Waals surface area contributed by atoms with Gasteiger partial charge in [0.15, 0.2) is 6.10 Å². The summed E-state index contributed by atoms with van der Waals surface area (Å²) in [6.07, 6.45) is 2.86. The smallest absolute Gasteiger partial charge is 0.321 e. The second-order valence-corrected chi connectivity index (χ2v) is 6.63. The van der Waals surface area contributed by atoms with Gasteiger partial charge in [-0.3, -0.25) is 19.7 Å². The molecule has 0 bridgehead atoms. The number of rotatable bonds is 6. The lowest BCUT2D eigenvalue weighted by Gasteiger charge is -2.15. The second-order valence-electron chi connectivity index (χ2n) is 6.63. The minimum atomic E-state index is -1.08. The minimum absolute atomic E-state index is 0.0216. The first-order chi connectivity index (χ1) is 12.8. The standard InChI is InChI=1S/C19H25N3O5/c1-12(18(25)22-19(26)21-15-5-3-4-6-15)27-17(24)11-14-7-9-16(10-8-14)20-13(2)23/h7-10,12,15H,3-6,11H2,1-2H3,(H,20,23)(H2,21,22,25,26)/t12-/m0/s1. The lowest BCUT2D eigenvalue weighted by molar-refractivity contribution is -0.153. The number of carbonyl (C=O) groups is 4. The van der Waals surface area contributed by atoms with Crippen LogP contribution in [-0.2, 0) is 25.5 Å². The molecule has 1 aliphatic carbocycles. The molecule has 1 atom stereocenters. The molecular formula is C19H25N3O5. The van der Waals surface area contributed by atoms with E-state index in [-0.39, 0.29) is 18.4 Å². The number of anilines is 1. The van der Waals surface area contributed by atoms with Crippen molar-refractivity contribution in [2.45, 2.75) is 58.1 Å². The molecule has 1 fully saturated rings. The summed E-state index contributed by atoms with van der Waals surface area (Å²) in [6, 6.07) is 6.25. The molecule has 8 nitrogen and oxygen atoms in total. The topological polar surface area (TPSA) is 114 Å². The maximum Gasteiger partial charge on any atom is 0.321 e. The highest BCUT2D eigenvalue weighted by Gasteiger charge is 2.22. The number of amides is 4. The average molecular weight is 375 g/mol. The van der Waals surface area contributed by atoms with E-state index in [0.29, 0.717) is 11.3 Å². The van der Waals surface area contributed by atoms with Crippen molar-refractivity contribution in [2.75, 3.05) is 5.32 Å². The van der Waals surface area contributed by atoms with Crippen LogP contribution in [0.5, 0.6) is 0 Å². The lowest BCUT2D eigenvalue weighted by Crippen LogP contribution is -2.47. The van der Waals surface area contributed by atoms with Crippen molar-refractivity contribution >= 4 is 29.5 Å². The van der Waals surface area contributed by atoms with Crippen molar-refractivity contribution in [2.24, 2.45) is 0 Å². The van der Waals surface area contributed by atoms with Gasteiger partial charge >= 0.3 is 12.0 Å². The molecule has 3 N–H and O–H groups in total. The molecule has 8 heteroatoms. The Morgan fingerprint density at radius 3 is 2.33 bits per heavy atom. The summed E-state index contributed by atoms with van der Waals surface area (Å²) in [4.78, 5) is 46.7. The summed E-state index contributed by atoms with van der Waals surface area (Å²) in [5, 5.41) is 7.56. The molecule has 0 heterocycles. The van der Waals surface area contributed by atoms with Crippen LogP contribution >= 0.6 is 0 Å². The SMILES string of the molecule is CC(=O)Nc1ccc(CC(=O)O[C@@H](C)C(=O)NC(=O)NC2CCCC2)cc1. The van der Waals surface area contributed by atoms with Crippen molar-refractivity contribution in [3.8, 4) is 0 Å². The number of imide groups is 1. The van der Waals surface area contributed by atoms with E-state index in [1.54, 1.807) is 24.3 Å². The fourth-order valence-electron chi connectivity index (χ4n) is 2.87. The molecule has 27 heavy (non-hydrogen) atoms.